The minimum absolute atomic E-state index is 0.0184. The van der Waals surface area contributed by atoms with Gasteiger partial charge >= 0.3 is 11.9 Å². The Morgan fingerprint density at radius 3 is 2.61 bits per heavy atom. The second-order valence-corrected chi connectivity index (χ2v) is 12.0. The molecule has 0 aromatic carbocycles. The van der Waals surface area contributed by atoms with E-state index >= 15 is 0 Å². The number of ether oxygens (including phenoxy) is 2. The first-order chi connectivity index (χ1) is 15.6. The molecular weight excluding hydrogens is 416 g/mol. The number of aliphatic hydroxyl groups is 1. The Balaban J connectivity index is 1.48. The lowest BCUT2D eigenvalue weighted by atomic mass is 9.46. The number of carbonyl (C=O) groups is 2. The highest BCUT2D eigenvalue weighted by Gasteiger charge is 2.60. The summed E-state index contributed by atoms with van der Waals surface area (Å²) in [7, 11) is 1.47. The van der Waals surface area contributed by atoms with Crippen LogP contribution in [0.3, 0.4) is 0 Å². The zero-order chi connectivity index (χ0) is 24.0. The normalized spacial score (nSPS) is 42.9. The van der Waals surface area contributed by atoms with Crippen molar-refractivity contribution in [1.82, 2.24) is 0 Å². The largest absolute Gasteiger partial charge is 0.469 e. The molecule has 0 spiro atoms. The number of carbonyl (C=O) groups excluding carboxylic acids is 2. The van der Waals surface area contributed by atoms with E-state index in [9.17, 15) is 14.7 Å². The number of aliphatic hydroxyl groups excluding tert-OH is 1. The van der Waals surface area contributed by atoms with Crippen LogP contribution in [0.4, 0.5) is 0 Å². The van der Waals surface area contributed by atoms with Crippen LogP contribution in [0.5, 0.6) is 0 Å². The molecule has 0 amide bonds. The lowest BCUT2D eigenvalue weighted by Gasteiger charge is -2.59. The molecule has 0 aliphatic heterocycles. The average Bonchev–Trinajstić information content (AvgIpc) is 3.12. The number of methoxy groups -OCH3 is 1. The molecule has 5 heteroatoms. The maximum Gasteiger partial charge on any atom is 0.305 e. The highest BCUT2D eigenvalue weighted by atomic mass is 16.6. The average molecular weight is 461 g/mol. The van der Waals surface area contributed by atoms with Crippen molar-refractivity contribution in [3.8, 4) is 0 Å². The van der Waals surface area contributed by atoms with Gasteiger partial charge < -0.3 is 14.6 Å². The zero-order valence-electron chi connectivity index (χ0n) is 21.3. The van der Waals surface area contributed by atoms with Gasteiger partial charge in [-0.3, -0.25) is 9.59 Å². The molecule has 186 valence electrons. The number of hydrogen-bond acceptors (Lipinski definition) is 5. The third-order valence-corrected chi connectivity index (χ3v) is 10.5. The van der Waals surface area contributed by atoms with Crippen molar-refractivity contribution < 1.29 is 24.2 Å². The SMILES string of the molecule is COC(=O)CCC[C@@H](C)[C@H]1CC[C@H]2[C@@H]3CC=C4[C@@H](O)[C@@H](OC(C)=O)CC[C@]4(C)[C@H]3CC[C@]12C. The smallest absolute Gasteiger partial charge is 0.305 e. The van der Waals surface area contributed by atoms with Crippen molar-refractivity contribution in [3.05, 3.63) is 11.6 Å². The first kappa shape index (κ1) is 24.8. The van der Waals surface area contributed by atoms with Gasteiger partial charge in [-0.05, 0) is 104 Å². The summed E-state index contributed by atoms with van der Waals surface area (Å²) < 4.78 is 10.3. The molecule has 5 nitrogen and oxygen atoms in total. The van der Waals surface area contributed by atoms with Crippen molar-refractivity contribution in [2.75, 3.05) is 7.11 Å². The molecule has 0 saturated heterocycles. The molecule has 0 bridgehead atoms. The van der Waals surface area contributed by atoms with E-state index in [-0.39, 0.29) is 17.4 Å². The number of esters is 2. The summed E-state index contributed by atoms with van der Waals surface area (Å²) in [5.41, 5.74) is 1.53. The second kappa shape index (κ2) is 9.36. The van der Waals surface area contributed by atoms with Crippen LogP contribution < -0.4 is 0 Å². The van der Waals surface area contributed by atoms with Gasteiger partial charge in [0.15, 0.2) is 0 Å². The topological polar surface area (TPSA) is 72.8 Å². The molecule has 0 aromatic heterocycles. The standard InChI is InChI=1S/C28H44O5/c1-17(7-6-8-25(30)32-5)20-11-12-21-19-9-10-23-26(31)24(33-18(2)29)14-16-28(23,4)22(19)13-15-27(20,21)3/h10,17,19-22,24,26,31H,6-9,11-16H2,1-5H3/t17-,19+,20-,21+,22+,24+,26-,27-,28-/m1/s1. The number of fused-ring (bicyclic) bond motifs is 5. The van der Waals surface area contributed by atoms with Crippen molar-refractivity contribution >= 4 is 11.9 Å². The van der Waals surface area contributed by atoms with E-state index in [4.69, 9.17) is 9.47 Å². The fourth-order valence-electron chi connectivity index (χ4n) is 8.89. The molecule has 4 aliphatic rings. The summed E-state index contributed by atoms with van der Waals surface area (Å²) in [6.45, 7) is 8.75. The predicted molar refractivity (Wildman–Crippen MR) is 127 cm³/mol. The molecule has 0 radical (unpaired) electrons. The van der Waals surface area contributed by atoms with E-state index in [1.807, 2.05) is 0 Å². The number of hydrogen-bond donors (Lipinski definition) is 1. The molecule has 4 aliphatic carbocycles. The minimum Gasteiger partial charge on any atom is -0.469 e. The maximum absolute atomic E-state index is 11.5. The molecular formula is C28H44O5. The van der Waals surface area contributed by atoms with Crippen LogP contribution in [-0.2, 0) is 19.1 Å². The Morgan fingerprint density at radius 1 is 1.15 bits per heavy atom. The first-order valence-corrected chi connectivity index (χ1v) is 13.2. The lowest BCUT2D eigenvalue weighted by Crippen LogP contribution is -2.54. The van der Waals surface area contributed by atoms with Gasteiger partial charge in [-0.15, -0.1) is 0 Å². The van der Waals surface area contributed by atoms with Crippen molar-refractivity contribution in [2.45, 2.75) is 104 Å². The highest BCUT2D eigenvalue weighted by molar-refractivity contribution is 5.69. The molecule has 0 heterocycles. The van der Waals surface area contributed by atoms with Crippen molar-refractivity contribution in [3.63, 3.8) is 0 Å². The van der Waals surface area contributed by atoms with E-state index in [0.29, 0.717) is 29.6 Å². The molecule has 3 saturated carbocycles. The van der Waals surface area contributed by atoms with Gasteiger partial charge in [-0.25, -0.2) is 0 Å². The van der Waals surface area contributed by atoms with E-state index < -0.39 is 12.2 Å². The van der Waals surface area contributed by atoms with Gasteiger partial charge in [0.05, 0.1) is 7.11 Å². The minimum atomic E-state index is -0.659. The molecule has 1 N–H and O–H groups in total. The summed E-state index contributed by atoms with van der Waals surface area (Å²) in [6.07, 6.45) is 11.7. The lowest BCUT2D eigenvalue weighted by molar-refractivity contribution is -0.156. The van der Waals surface area contributed by atoms with Crippen LogP contribution in [-0.4, -0.2) is 36.4 Å². The number of allylic oxidation sites excluding steroid dienone is 1. The fraction of sp³-hybridized carbons (Fsp3) is 0.857. The van der Waals surface area contributed by atoms with Crippen molar-refractivity contribution in [2.24, 2.45) is 40.4 Å². The quantitative estimate of drug-likeness (QED) is 0.422. The molecule has 9 atom stereocenters. The maximum atomic E-state index is 11.5. The first-order valence-electron chi connectivity index (χ1n) is 13.2. The zero-order valence-corrected chi connectivity index (χ0v) is 21.3. The summed E-state index contributed by atoms with van der Waals surface area (Å²) in [5, 5.41) is 11.1. The van der Waals surface area contributed by atoms with Gasteiger partial charge in [0.25, 0.3) is 0 Å². The van der Waals surface area contributed by atoms with E-state index in [2.05, 4.69) is 26.8 Å². The van der Waals surface area contributed by atoms with Gasteiger partial charge in [-0.1, -0.05) is 26.8 Å². The predicted octanol–water partition coefficient (Wildman–Crippen LogP) is 5.45. The van der Waals surface area contributed by atoms with E-state index in [1.165, 1.54) is 39.7 Å². The van der Waals surface area contributed by atoms with Crippen LogP contribution in [0, 0.1) is 40.4 Å². The Labute approximate surface area is 199 Å². The van der Waals surface area contributed by atoms with Gasteiger partial charge in [0.2, 0.25) is 0 Å². The van der Waals surface area contributed by atoms with Crippen molar-refractivity contribution in [1.29, 1.82) is 0 Å². The summed E-state index contributed by atoms with van der Waals surface area (Å²) in [6, 6.07) is 0. The molecule has 0 unspecified atom stereocenters. The Kier molecular flexibility index (Phi) is 7.02. The molecule has 33 heavy (non-hydrogen) atoms. The monoisotopic (exact) mass is 460 g/mol. The fourth-order valence-corrected chi connectivity index (χ4v) is 8.89. The van der Waals surface area contributed by atoms with Crippen LogP contribution in [0.15, 0.2) is 11.6 Å². The number of rotatable bonds is 6. The van der Waals surface area contributed by atoms with E-state index in [1.54, 1.807) is 0 Å². The Hall–Kier alpha value is -1.36. The molecule has 0 aromatic rings. The van der Waals surface area contributed by atoms with Gasteiger partial charge in [-0.2, -0.15) is 0 Å². The Bertz CT molecular complexity index is 789. The van der Waals surface area contributed by atoms with Gasteiger partial charge in [0.1, 0.15) is 12.2 Å². The van der Waals surface area contributed by atoms with Crippen LogP contribution in [0.25, 0.3) is 0 Å². The summed E-state index contributed by atoms with van der Waals surface area (Å²) >= 11 is 0. The van der Waals surface area contributed by atoms with E-state index in [0.717, 1.165) is 49.5 Å². The highest BCUT2D eigenvalue weighted by Crippen LogP contribution is 2.67. The van der Waals surface area contributed by atoms with Crippen LogP contribution >= 0.6 is 0 Å². The molecule has 3 fully saturated rings. The molecule has 4 rings (SSSR count). The summed E-state index contributed by atoms with van der Waals surface area (Å²) in [4.78, 5) is 23.0. The van der Waals surface area contributed by atoms with Crippen LogP contribution in [0.2, 0.25) is 0 Å². The second-order valence-electron chi connectivity index (χ2n) is 12.0. The van der Waals surface area contributed by atoms with Crippen LogP contribution in [0.1, 0.15) is 91.9 Å². The van der Waals surface area contributed by atoms with Gasteiger partial charge in [0, 0.05) is 13.3 Å². The third-order valence-electron chi connectivity index (χ3n) is 10.5. The Morgan fingerprint density at radius 2 is 1.91 bits per heavy atom. The third kappa shape index (κ3) is 4.28. The summed E-state index contributed by atoms with van der Waals surface area (Å²) in [5.74, 6) is 2.99.